The Kier molecular flexibility index (Phi) is 5.20. The topological polar surface area (TPSA) is 46.3 Å². The Bertz CT molecular complexity index is 401. The zero-order valence-corrected chi connectivity index (χ0v) is 11.8. The summed E-state index contributed by atoms with van der Waals surface area (Å²) in [4.78, 5) is 14.3. The van der Waals surface area contributed by atoms with Gasteiger partial charge in [0.1, 0.15) is 0 Å². The van der Waals surface area contributed by atoms with Crippen molar-refractivity contribution in [1.82, 2.24) is 0 Å². The van der Waals surface area contributed by atoms with Crippen LogP contribution in [0.3, 0.4) is 0 Å². The summed E-state index contributed by atoms with van der Waals surface area (Å²) in [5.74, 6) is 0.502. The molecule has 1 rings (SSSR count). The van der Waals surface area contributed by atoms with E-state index >= 15 is 0 Å². The lowest BCUT2D eigenvalue weighted by Crippen LogP contribution is -2.38. The average molecular weight is 248 g/mol. The molecule has 0 aliphatic heterocycles. The number of rotatable bonds is 5. The summed E-state index contributed by atoms with van der Waals surface area (Å²) in [5.41, 5.74) is 7.46. The predicted molar refractivity (Wildman–Crippen MR) is 77.5 cm³/mol. The van der Waals surface area contributed by atoms with Gasteiger partial charge in [-0.15, -0.1) is 0 Å². The molecule has 0 spiro atoms. The van der Waals surface area contributed by atoms with Crippen molar-refractivity contribution in [1.29, 1.82) is 0 Å². The first kappa shape index (κ1) is 14.6. The number of para-hydroxylation sites is 2. The van der Waals surface area contributed by atoms with Crippen LogP contribution in [0.25, 0.3) is 0 Å². The summed E-state index contributed by atoms with van der Waals surface area (Å²) in [6.45, 7) is 8.90. The smallest absolute Gasteiger partial charge is 0.230 e. The SMILES string of the molecule is CCCN(C(=O)C(C)C(C)C)c1ccccc1N. The van der Waals surface area contributed by atoms with Crippen molar-refractivity contribution in [2.24, 2.45) is 11.8 Å². The summed E-state index contributed by atoms with van der Waals surface area (Å²) in [6.07, 6.45) is 0.922. The maximum Gasteiger partial charge on any atom is 0.230 e. The normalized spacial score (nSPS) is 12.5. The molecule has 3 heteroatoms. The first-order chi connectivity index (χ1) is 8.49. The standard InChI is InChI=1S/C15H24N2O/c1-5-10-17(15(18)12(4)11(2)3)14-9-7-6-8-13(14)16/h6-9,11-12H,5,10,16H2,1-4H3. The van der Waals surface area contributed by atoms with Crippen LogP contribution in [-0.4, -0.2) is 12.5 Å². The lowest BCUT2D eigenvalue weighted by Gasteiger charge is -2.28. The summed E-state index contributed by atoms with van der Waals surface area (Å²) >= 11 is 0. The van der Waals surface area contributed by atoms with Crippen molar-refractivity contribution in [2.75, 3.05) is 17.2 Å². The van der Waals surface area contributed by atoms with Crippen LogP contribution in [0.15, 0.2) is 24.3 Å². The Morgan fingerprint density at radius 2 is 1.89 bits per heavy atom. The Morgan fingerprint density at radius 3 is 2.39 bits per heavy atom. The number of benzene rings is 1. The number of hydrogen-bond acceptors (Lipinski definition) is 2. The molecule has 0 aromatic heterocycles. The van der Waals surface area contributed by atoms with E-state index in [1.54, 1.807) is 0 Å². The Morgan fingerprint density at radius 1 is 1.28 bits per heavy atom. The predicted octanol–water partition coefficient (Wildman–Crippen LogP) is 3.30. The summed E-state index contributed by atoms with van der Waals surface area (Å²) in [7, 11) is 0. The van der Waals surface area contributed by atoms with E-state index in [0.717, 1.165) is 12.1 Å². The fourth-order valence-corrected chi connectivity index (χ4v) is 1.84. The van der Waals surface area contributed by atoms with Crippen LogP contribution >= 0.6 is 0 Å². The van der Waals surface area contributed by atoms with Crippen molar-refractivity contribution >= 4 is 17.3 Å². The molecule has 1 atom stereocenters. The first-order valence-corrected chi connectivity index (χ1v) is 6.64. The fraction of sp³-hybridized carbons (Fsp3) is 0.533. The number of hydrogen-bond donors (Lipinski definition) is 1. The van der Waals surface area contributed by atoms with Crippen LogP contribution in [-0.2, 0) is 4.79 Å². The van der Waals surface area contributed by atoms with Crippen molar-refractivity contribution in [3.05, 3.63) is 24.3 Å². The molecule has 0 fully saturated rings. The third kappa shape index (κ3) is 3.25. The van der Waals surface area contributed by atoms with Crippen LogP contribution < -0.4 is 10.6 Å². The number of amides is 1. The highest BCUT2D eigenvalue weighted by Gasteiger charge is 2.24. The molecule has 1 unspecified atom stereocenters. The maximum atomic E-state index is 12.5. The van der Waals surface area contributed by atoms with Gasteiger partial charge >= 0.3 is 0 Å². The molecule has 0 heterocycles. The lowest BCUT2D eigenvalue weighted by molar-refractivity contribution is -0.123. The van der Waals surface area contributed by atoms with Gasteiger partial charge in [-0.2, -0.15) is 0 Å². The molecule has 0 radical (unpaired) electrons. The molecule has 0 bridgehead atoms. The van der Waals surface area contributed by atoms with Crippen LogP contribution in [0, 0.1) is 11.8 Å². The Balaban J connectivity index is 3.03. The van der Waals surface area contributed by atoms with Crippen LogP contribution in [0.2, 0.25) is 0 Å². The van der Waals surface area contributed by atoms with Crippen molar-refractivity contribution in [3.63, 3.8) is 0 Å². The molecular formula is C15H24N2O. The van der Waals surface area contributed by atoms with Gasteiger partial charge in [-0.3, -0.25) is 4.79 Å². The molecule has 1 aromatic rings. The third-order valence-electron chi connectivity index (χ3n) is 3.33. The van der Waals surface area contributed by atoms with E-state index in [2.05, 4.69) is 20.8 Å². The first-order valence-electron chi connectivity index (χ1n) is 6.64. The summed E-state index contributed by atoms with van der Waals surface area (Å²) < 4.78 is 0. The van der Waals surface area contributed by atoms with E-state index in [1.165, 1.54) is 0 Å². The van der Waals surface area contributed by atoms with Crippen LogP contribution in [0.1, 0.15) is 34.1 Å². The molecular weight excluding hydrogens is 224 g/mol. The van der Waals surface area contributed by atoms with Gasteiger partial charge in [0.25, 0.3) is 0 Å². The molecule has 0 saturated carbocycles. The molecule has 0 saturated heterocycles. The molecule has 2 N–H and O–H groups in total. The van der Waals surface area contributed by atoms with E-state index in [4.69, 9.17) is 5.73 Å². The second-order valence-electron chi connectivity index (χ2n) is 5.08. The molecule has 18 heavy (non-hydrogen) atoms. The molecule has 100 valence electrons. The lowest BCUT2D eigenvalue weighted by atomic mass is 9.96. The van der Waals surface area contributed by atoms with Gasteiger partial charge in [0, 0.05) is 12.5 Å². The zero-order chi connectivity index (χ0) is 13.7. The number of anilines is 2. The van der Waals surface area contributed by atoms with Gasteiger partial charge in [-0.1, -0.05) is 39.8 Å². The van der Waals surface area contributed by atoms with Crippen LogP contribution in [0.5, 0.6) is 0 Å². The Labute approximate surface area is 110 Å². The van der Waals surface area contributed by atoms with Crippen molar-refractivity contribution < 1.29 is 4.79 Å². The van der Waals surface area contributed by atoms with E-state index in [9.17, 15) is 4.79 Å². The number of carbonyl (C=O) groups excluding carboxylic acids is 1. The van der Waals surface area contributed by atoms with Gasteiger partial charge in [0.05, 0.1) is 11.4 Å². The highest BCUT2D eigenvalue weighted by molar-refractivity contribution is 5.97. The third-order valence-corrected chi connectivity index (χ3v) is 3.33. The minimum absolute atomic E-state index is 0.0103. The van der Waals surface area contributed by atoms with Crippen LogP contribution in [0.4, 0.5) is 11.4 Å². The summed E-state index contributed by atoms with van der Waals surface area (Å²) in [5, 5.41) is 0. The van der Waals surface area contributed by atoms with E-state index in [0.29, 0.717) is 18.2 Å². The monoisotopic (exact) mass is 248 g/mol. The summed E-state index contributed by atoms with van der Waals surface area (Å²) in [6, 6.07) is 7.56. The van der Waals surface area contributed by atoms with Gasteiger partial charge in [-0.25, -0.2) is 0 Å². The average Bonchev–Trinajstić information content (AvgIpc) is 2.35. The quantitative estimate of drug-likeness (QED) is 0.813. The maximum absolute atomic E-state index is 12.5. The molecule has 3 nitrogen and oxygen atoms in total. The minimum atomic E-state index is 0.0103. The number of nitrogens with zero attached hydrogens (tertiary/aromatic N) is 1. The highest BCUT2D eigenvalue weighted by atomic mass is 16.2. The fourth-order valence-electron chi connectivity index (χ4n) is 1.84. The van der Waals surface area contributed by atoms with Gasteiger partial charge in [-0.05, 0) is 24.5 Å². The van der Waals surface area contributed by atoms with E-state index in [-0.39, 0.29) is 11.8 Å². The van der Waals surface area contributed by atoms with E-state index in [1.807, 2.05) is 36.1 Å². The second kappa shape index (κ2) is 6.43. The van der Waals surface area contributed by atoms with Gasteiger partial charge in [0.15, 0.2) is 0 Å². The van der Waals surface area contributed by atoms with Gasteiger partial charge in [0.2, 0.25) is 5.91 Å². The van der Waals surface area contributed by atoms with E-state index < -0.39 is 0 Å². The Hall–Kier alpha value is -1.51. The molecule has 0 aliphatic carbocycles. The number of nitrogens with two attached hydrogens (primary N) is 1. The minimum Gasteiger partial charge on any atom is -0.397 e. The highest BCUT2D eigenvalue weighted by Crippen LogP contribution is 2.26. The number of carbonyl (C=O) groups is 1. The molecule has 1 amide bonds. The van der Waals surface area contributed by atoms with Crippen molar-refractivity contribution in [3.8, 4) is 0 Å². The van der Waals surface area contributed by atoms with Gasteiger partial charge < -0.3 is 10.6 Å². The zero-order valence-electron chi connectivity index (χ0n) is 11.8. The second-order valence-corrected chi connectivity index (χ2v) is 5.08. The molecule has 1 aromatic carbocycles. The number of nitrogen functional groups attached to an aromatic ring is 1. The molecule has 0 aliphatic rings. The largest absolute Gasteiger partial charge is 0.397 e. The van der Waals surface area contributed by atoms with Crippen molar-refractivity contribution in [2.45, 2.75) is 34.1 Å².